The molecule has 1 amide bonds. The zero-order chi connectivity index (χ0) is 13.3. The number of carbonyl (C=O) groups excluding carboxylic acids is 1. The molecule has 1 fully saturated rings. The van der Waals surface area contributed by atoms with Gasteiger partial charge in [-0.2, -0.15) is 0 Å². The minimum Gasteiger partial charge on any atom is -0.444 e. The molecule has 1 atom stereocenters. The third-order valence-electron chi connectivity index (χ3n) is 2.69. The van der Waals surface area contributed by atoms with Crippen LogP contribution in [-0.4, -0.2) is 42.2 Å². The SMILES string of the molecule is CC(C)(C)OC(=O)N1CCC(F)(F)[C@H](CN)C1. The molecule has 4 nitrogen and oxygen atoms in total. The average Bonchev–Trinajstić information content (AvgIpc) is 2.14. The van der Waals surface area contributed by atoms with E-state index in [1.807, 2.05) is 0 Å². The van der Waals surface area contributed by atoms with Crippen LogP contribution in [-0.2, 0) is 4.74 Å². The second-order valence-electron chi connectivity index (χ2n) is 5.37. The number of halogens is 2. The molecule has 0 spiro atoms. The molecular weight excluding hydrogens is 230 g/mol. The van der Waals surface area contributed by atoms with E-state index in [9.17, 15) is 13.6 Å². The van der Waals surface area contributed by atoms with E-state index in [-0.39, 0.29) is 26.1 Å². The number of nitrogens with zero attached hydrogens (tertiary/aromatic N) is 1. The number of hydrogen-bond donors (Lipinski definition) is 1. The highest BCUT2D eigenvalue weighted by Gasteiger charge is 2.44. The van der Waals surface area contributed by atoms with E-state index in [0.717, 1.165) is 0 Å². The average molecular weight is 250 g/mol. The maximum Gasteiger partial charge on any atom is 0.410 e. The second-order valence-corrected chi connectivity index (χ2v) is 5.37. The number of hydrogen-bond acceptors (Lipinski definition) is 3. The normalized spacial score (nSPS) is 24.6. The molecule has 0 unspecified atom stereocenters. The molecule has 0 aromatic rings. The molecule has 0 aliphatic carbocycles. The van der Waals surface area contributed by atoms with Crippen LogP contribution in [0.15, 0.2) is 0 Å². The van der Waals surface area contributed by atoms with Crippen LogP contribution in [0.2, 0.25) is 0 Å². The quantitative estimate of drug-likeness (QED) is 0.772. The van der Waals surface area contributed by atoms with E-state index < -0.39 is 23.5 Å². The zero-order valence-electron chi connectivity index (χ0n) is 10.5. The van der Waals surface area contributed by atoms with Gasteiger partial charge in [-0.1, -0.05) is 0 Å². The van der Waals surface area contributed by atoms with Crippen molar-refractivity contribution in [1.29, 1.82) is 0 Å². The van der Waals surface area contributed by atoms with Crippen LogP contribution in [0, 0.1) is 5.92 Å². The Kier molecular flexibility index (Phi) is 3.96. The van der Waals surface area contributed by atoms with Gasteiger partial charge in [-0.05, 0) is 20.8 Å². The largest absolute Gasteiger partial charge is 0.444 e. The Morgan fingerprint density at radius 2 is 2.12 bits per heavy atom. The maximum atomic E-state index is 13.4. The Labute approximate surface area is 100 Å². The number of piperidine rings is 1. The number of alkyl halides is 2. The summed E-state index contributed by atoms with van der Waals surface area (Å²) in [6.07, 6.45) is -0.903. The Hall–Kier alpha value is -0.910. The lowest BCUT2D eigenvalue weighted by Gasteiger charge is -2.38. The first-order valence-corrected chi connectivity index (χ1v) is 5.71. The van der Waals surface area contributed by atoms with E-state index in [2.05, 4.69) is 0 Å². The molecule has 1 aliphatic rings. The van der Waals surface area contributed by atoms with E-state index >= 15 is 0 Å². The maximum absolute atomic E-state index is 13.4. The van der Waals surface area contributed by atoms with Gasteiger partial charge in [0.1, 0.15) is 5.60 Å². The summed E-state index contributed by atoms with van der Waals surface area (Å²) < 4.78 is 31.9. The van der Waals surface area contributed by atoms with Crippen LogP contribution in [0.25, 0.3) is 0 Å². The van der Waals surface area contributed by atoms with Gasteiger partial charge >= 0.3 is 6.09 Å². The molecule has 2 N–H and O–H groups in total. The summed E-state index contributed by atoms with van der Waals surface area (Å²) in [5.74, 6) is -3.77. The highest BCUT2D eigenvalue weighted by molar-refractivity contribution is 5.68. The molecular formula is C11H20F2N2O2. The molecule has 6 heteroatoms. The fraction of sp³-hybridized carbons (Fsp3) is 0.909. The van der Waals surface area contributed by atoms with Crippen LogP contribution in [0.5, 0.6) is 0 Å². The third-order valence-corrected chi connectivity index (χ3v) is 2.69. The summed E-state index contributed by atoms with van der Waals surface area (Å²) in [7, 11) is 0. The molecule has 17 heavy (non-hydrogen) atoms. The molecule has 1 rings (SSSR count). The minimum absolute atomic E-state index is 0.0123. The second kappa shape index (κ2) is 4.76. The van der Waals surface area contributed by atoms with Crippen LogP contribution >= 0.6 is 0 Å². The lowest BCUT2D eigenvalue weighted by Crippen LogP contribution is -2.52. The zero-order valence-corrected chi connectivity index (χ0v) is 10.5. The smallest absolute Gasteiger partial charge is 0.410 e. The summed E-state index contributed by atoms with van der Waals surface area (Å²) in [5, 5.41) is 0. The molecule has 0 radical (unpaired) electrons. The molecule has 0 aromatic carbocycles. The van der Waals surface area contributed by atoms with E-state index in [1.165, 1.54) is 4.90 Å². The van der Waals surface area contributed by atoms with Gasteiger partial charge in [-0.15, -0.1) is 0 Å². The van der Waals surface area contributed by atoms with Gasteiger partial charge < -0.3 is 15.4 Å². The predicted molar refractivity (Wildman–Crippen MR) is 59.9 cm³/mol. The van der Waals surface area contributed by atoms with E-state index in [4.69, 9.17) is 10.5 Å². The Morgan fingerprint density at radius 1 is 1.53 bits per heavy atom. The van der Waals surface area contributed by atoms with Crippen LogP contribution < -0.4 is 5.73 Å². The lowest BCUT2D eigenvalue weighted by atomic mass is 9.94. The van der Waals surface area contributed by atoms with Gasteiger partial charge in [-0.3, -0.25) is 0 Å². The first-order valence-electron chi connectivity index (χ1n) is 5.71. The monoisotopic (exact) mass is 250 g/mol. The highest BCUT2D eigenvalue weighted by atomic mass is 19.3. The van der Waals surface area contributed by atoms with Crippen molar-refractivity contribution in [1.82, 2.24) is 4.90 Å². The van der Waals surface area contributed by atoms with Crippen molar-refractivity contribution in [2.75, 3.05) is 19.6 Å². The Balaban J connectivity index is 2.61. The van der Waals surface area contributed by atoms with Crippen LogP contribution in [0.4, 0.5) is 13.6 Å². The van der Waals surface area contributed by atoms with Crippen molar-refractivity contribution >= 4 is 6.09 Å². The van der Waals surface area contributed by atoms with Crippen LogP contribution in [0.1, 0.15) is 27.2 Å². The minimum atomic E-state index is -2.78. The summed E-state index contributed by atoms with van der Waals surface area (Å²) in [5.41, 5.74) is 4.69. The molecule has 1 saturated heterocycles. The number of ether oxygens (including phenoxy) is 1. The van der Waals surface area contributed by atoms with Gasteiger partial charge in [0.05, 0.1) is 5.92 Å². The van der Waals surface area contributed by atoms with Gasteiger partial charge in [0, 0.05) is 26.1 Å². The van der Waals surface area contributed by atoms with Crippen molar-refractivity contribution in [2.45, 2.75) is 38.7 Å². The summed E-state index contributed by atoms with van der Waals surface area (Å²) >= 11 is 0. The number of likely N-dealkylation sites (tertiary alicyclic amines) is 1. The predicted octanol–water partition coefficient (Wildman–Crippen LogP) is 1.84. The van der Waals surface area contributed by atoms with E-state index in [1.54, 1.807) is 20.8 Å². The molecule has 0 bridgehead atoms. The summed E-state index contributed by atoms with van der Waals surface area (Å²) in [4.78, 5) is 13.0. The number of amides is 1. The van der Waals surface area contributed by atoms with Gasteiger partial charge in [0.25, 0.3) is 5.92 Å². The fourth-order valence-corrected chi connectivity index (χ4v) is 1.72. The molecule has 1 aliphatic heterocycles. The van der Waals surface area contributed by atoms with Crippen molar-refractivity contribution in [3.63, 3.8) is 0 Å². The van der Waals surface area contributed by atoms with Crippen molar-refractivity contribution in [2.24, 2.45) is 11.7 Å². The van der Waals surface area contributed by atoms with Crippen molar-refractivity contribution < 1.29 is 18.3 Å². The molecule has 0 aromatic heterocycles. The highest BCUT2D eigenvalue weighted by Crippen LogP contribution is 2.33. The third kappa shape index (κ3) is 3.80. The van der Waals surface area contributed by atoms with Crippen molar-refractivity contribution in [3.05, 3.63) is 0 Å². The summed E-state index contributed by atoms with van der Waals surface area (Å²) in [6.45, 7) is 5.06. The van der Waals surface area contributed by atoms with Gasteiger partial charge in [0.15, 0.2) is 0 Å². The topological polar surface area (TPSA) is 55.6 Å². The Bertz CT molecular complexity index is 290. The van der Waals surface area contributed by atoms with Gasteiger partial charge in [-0.25, -0.2) is 13.6 Å². The lowest BCUT2D eigenvalue weighted by molar-refractivity contribution is -0.101. The molecule has 0 saturated carbocycles. The molecule has 100 valence electrons. The molecule has 1 heterocycles. The standard InChI is InChI=1S/C11H20F2N2O2/c1-10(2,3)17-9(16)15-5-4-11(12,13)8(6-14)7-15/h8H,4-7,14H2,1-3H3/t8-/m1/s1. The fourth-order valence-electron chi connectivity index (χ4n) is 1.72. The van der Waals surface area contributed by atoms with Crippen molar-refractivity contribution in [3.8, 4) is 0 Å². The Morgan fingerprint density at radius 3 is 2.59 bits per heavy atom. The number of rotatable bonds is 1. The van der Waals surface area contributed by atoms with Crippen LogP contribution in [0.3, 0.4) is 0 Å². The van der Waals surface area contributed by atoms with Gasteiger partial charge in [0.2, 0.25) is 0 Å². The first-order chi connectivity index (χ1) is 7.65. The first kappa shape index (κ1) is 14.2. The summed E-state index contributed by atoms with van der Waals surface area (Å²) in [6, 6.07) is 0. The van der Waals surface area contributed by atoms with E-state index in [0.29, 0.717) is 0 Å². The number of nitrogens with two attached hydrogens (primary N) is 1. The number of carbonyl (C=O) groups is 1.